The first-order chi connectivity index (χ1) is 9.13. The van der Waals surface area contributed by atoms with Crippen molar-refractivity contribution in [1.29, 1.82) is 0 Å². The standard InChI is InChI=1S/C13H17ClN2O3/c14-10-2-1-3-11(8-10)15-12(18)16-13(9-17)4-6-19-7-5-13/h1-3,8,17H,4-7,9H2,(H2,15,16,18). The molecule has 0 radical (unpaired) electrons. The lowest BCUT2D eigenvalue weighted by Gasteiger charge is -2.36. The Bertz CT molecular complexity index is 447. The molecule has 2 amide bonds. The summed E-state index contributed by atoms with van der Waals surface area (Å²) >= 11 is 5.85. The summed E-state index contributed by atoms with van der Waals surface area (Å²) in [5.41, 5.74) is 0.0196. The van der Waals surface area contributed by atoms with E-state index < -0.39 is 5.54 Å². The number of aliphatic hydroxyl groups excluding tert-OH is 1. The van der Waals surface area contributed by atoms with Crippen molar-refractivity contribution in [2.24, 2.45) is 0 Å². The predicted octanol–water partition coefficient (Wildman–Crippen LogP) is 2.00. The molecule has 1 heterocycles. The van der Waals surface area contributed by atoms with E-state index in [0.717, 1.165) is 0 Å². The molecule has 1 saturated heterocycles. The largest absolute Gasteiger partial charge is 0.394 e. The maximum atomic E-state index is 11.9. The highest BCUT2D eigenvalue weighted by atomic mass is 35.5. The lowest BCUT2D eigenvalue weighted by Crippen LogP contribution is -2.55. The van der Waals surface area contributed by atoms with Crippen LogP contribution in [0, 0.1) is 0 Å². The zero-order valence-corrected chi connectivity index (χ0v) is 11.2. The molecule has 0 atom stereocenters. The molecule has 6 heteroatoms. The van der Waals surface area contributed by atoms with Gasteiger partial charge >= 0.3 is 6.03 Å². The molecule has 2 rings (SSSR count). The first-order valence-corrected chi connectivity index (χ1v) is 6.55. The van der Waals surface area contributed by atoms with Crippen LogP contribution in [-0.2, 0) is 4.74 Å². The van der Waals surface area contributed by atoms with Gasteiger partial charge in [-0.1, -0.05) is 17.7 Å². The molecule has 0 unspecified atom stereocenters. The van der Waals surface area contributed by atoms with Gasteiger partial charge in [0.2, 0.25) is 0 Å². The van der Waals surface area contributed by atoms with Crippen LogP contribution in [0.1, 0.15) is 12.8 Å². The van der Waals surface area contributed by atoms with E-state index >= 15 is 0 Å². The van der Waals surface area contributed by atoms with E-state index in [1.807, 2.05) is 0 Å². The van der Waals surface area contributed by atoms with Crippen LogP contribution in [0.2, 0.25) is 5.02 Å². The molecule has 1 aromatic rings. The first kappa shape index (κ1) is 14.1. The van der Waals surface area contributed by atoms with Gasteiger partial charge in [0.25, 0.3) is 0 Å². The fourth-order valence-electron chi connectivity index (χ4n) is 2.05. The molecule has 3 N–H and O–H groups in total. The molecule has 0 spiro atoms. The van der Waals surface area contributed by atoms with Gasteiger partial charge in [-0.15, -0.1) is 0 Å². The minimum Gasteiger partial charge on any atom is -0.394 e. The Morgan fingerprint density at radius 3 is 2.79 bits per heavy atom. The second-order valence-electron chi connectivity index (χ2n) is 4.64. The highest BCUT2D eigenvalue weighted by Crippen LogP contribution is 2.20. The van der Waals surface area contributed by atoms with Gasteiger partial charge in [0.05, 0.1) is 12.1 Å². The zero-order valence-electron chi connectivity index (χ0n) is 10.5. The van der Waals surface area contributed by atoms with Gasteiger partial charge in [-0.25, -0.2) is 4.79 Å². The number of carbonyl (C=O) groups excluding carboxylic acids is 1. The van der Waals surface area contributed by atoms with Crippen molar-refractivity contribution in [2.75, 3.05) is 25.1 Å². The second-order valence-corrected chi connectivity index (χ2v) is 5.08. The summed E-state index contributed by atoms with van der Waals surface area (Å²) in [6, 6.07) is 6.56. The van der Waals surface area contributed by atoms with Gasteiger partial charge in [0.15, 0.2) is 0 Å². The van der Waals surface area contributed by atoms with E-state index in [1.54, 1.807) is 24.3 Å². The normalized spacial score (nSPS) is 17.8. The Kier molecular flexibility index (Phi) is 4.63. The van der Waals surface area contributed by atoms with Gasteiger partial charge in [-0.05, 0) is 31.0 Å². The van der Waals surface area contributed by atoms with Crippen LogP contribution in [-0.4, -0.2) is 36.5 Å². The number of hydrogen-bond acceptors (Lipinski definition) is 3. The maximum Gasteiger partial charge on any atom is 0.319 e. The van der Waals surface area contributed by atoms with Gasteiger partial charge < -0.3 is 20.5 Å². The van der Waals surface area contributed by atoms with Crippen LogP contribution in [0.15, 0.2) is 24.3 Å². The zero-order chi connectivity index (χ0) is 13.7. The Balaban J connectivity index is 1.96. The molecule has 0 saturated carbocycles. The third kappa shape index (κ3) is 3.83. The number of benzene rings is 1. The molecule has 0 aromatic heterocycles. The monoisotopic (exact) mass is 284 g/mol. The van der Waals surface area contributed by atoms with Crippen LogP contribution < -0.4 is 10.6 Å². The smallest absolute Gasteiger partial charge is 0.319 e. The van der Waals surface area contributed by atoms with Crippen molar-refractivity contribution >= 4 is 23.3 Å². The number of anilines is 1. The average molecular weight is 285 g/mol. The van der Waals surface area contributed by atoms with E-state index in [0.29, 0.717) is 36.8 Å². The van der Waals surface area contributed by atoms with Crippen LogP contribution in [0.3, 0.4) is 0 Å². The molecule has 1 aliphatic rings. The highest BCUT2D eigenvalue weighted by molar-refractivity contribution is 6.30. The van der Waals surface area contributed by atoms with Crippen LogP contribution in [0.25, 0.3) is 0 Å². The Morgan fingerprint density at radius 1 is 1.42 bits per heavy atom. The summed E-state index contributed by atoms with van der Waals surface area (Å²) in [6.45, 7) is 0.981. The van der Waals surface area contributed by atoms with E-state index in [4.69, 9.17) is 16.3 Å². The molecule has 104 valence electrons. The number of aliphatic hydroxyl groups is 1. The Hall–Kier alpha value is -1.30. The van der Waals surface area contributed by atoms with Crippen molar-refractivity contribution in [3.8, 4) is 0 Å². The quantitative estimate of drug-likeness (QED) is 0.795. The van der Waals surface area contributed by atoms with Crippen LogP contribution >= 0.6 is 11.6 Å². The molecule has 1 aromatic carbocycles. The fourth-order valence-corrected chi connectivity index (χ4v) is 2.24. The third-order valence-electron chi connectivity index (χ3n) is 3.21. The number of urea groups is 1. The van der Waals surface area contributed by atoms with Crippen molar-refractivity contribution in [1.82, 2.24) is 5.32 Å². The van der Waals surface area contributed by atoms with Crippen molar-refractivity contribution in [2.45, 2.75) is 18.4 Å². The summed E-state index contributed by atoms with van der Waals surface area (Å²) in [5.74, 6) is 0. The molecule has 0 bridgehead atoms. The Morgan fingerprint density at radius 2 is 2.16 bits per heavy atom. The molecular weight excluding hydrogens is 268 g/mol. The van der Waals surface area contributed by atoms with Crippen LogP contribution in [0.4, 0.5) is 10.5 Å². The van der Waals surface area contributed by atoms with E-state index in [1.165, 1.54) is 0 Å². The molecule has 1 aliphatic heterocycles. The lowest BCUT2D eigenvalue weighted by atomic mass is 9.91. The molecular formula is C13H17ClN2O3. The summed E-state index contributed by atoms with van der Waals surface area (Å²) in [4.78, 5) is 11.9. The second kappa shape index (κ2) is 6.23. The minimum atomic E-state index is -0.596. The average Bonchev–Trinajstić information content (AvgIpc) is 2.39. The van der Waals surface area contributed by atoms with Gasteiger partial charge in [0.1, 0.15) is 0 Å². The van der Waals surface area contributed by atoms with Crippen molar-refractivity contribution in [3.05, 3.63) is 29.3 Å². The Labute approximate surface area is 116 Å². The van der Waals surface area contributed by atoms with Gasteiger partial charge in [0, 0.05) is 23.9 Å². The number of halogens is 1. The molecule has 1 fully saturated rings. The predicted molar refractivity (Wildman–Crippen MR) is 73.5 cm³/mol. The molecule has 0 aliphatic carbocycles. The number of amides is 2. The summed E-state index contributed by atoms with van der Waals surface area (Å²) in [6.07, 6.45) is 1.21. The van der Waals surface area contributed by atoms with E-state index in [-0.39, 0.29) is 12.6 Å². The molecule has 19 heavy (non-hydrogen) atoms. The summed E-state index contributed by atoms with van der Waals surface area (Å²) in [5, 5.41) is 15.6. The summed E-state index contributed by atoms with van der Waals surface area (Å²) in [7, 11) is 0. The fraction of sp³-hybridized carbons (Fsp3) is 0.462. The lowest BCUT2D eigenvalue weighted by molar-refractivity contribution is 0.0179. The molecule has 5 nitrogen and oxygen atoms in total. The number of rotatable bonds is 3. The first-order valence-electron chi connectivity index (χ1n) is 6.17. The maximum absolute atomic E-state index is 11.9. The van der Waals surface area contributed by atoms with Gasteiger partial charge in [-0.2, -0.15) is 0 Å². The van der Waals surface area contributed by atoms with E-state index in [2.05, 4.69) is 10.6 Å². The van der Waals surface area contributed by atoms with Gasteiger partial charge in [-0.3, -0.25) is 0 Å². The highest BCUT2D eigenvalue weighted by Gasteiger charge is 2.33. The topological polar surface area (TPSA) is 70.6 Å². The van der Waals surface area contributed by atoms with E-state index in [9.17, 15) is 9.90 Å². The number of hydrogen-bond donors (Lipinski definition) is 3. The van der Waals surface area contributed by atoms with Crippen molar-refractivity contribution < 1.29 is 14.6 Å². The third-order valence-corrected chi connectivity index (χ3v) is 3.45. The van der Waals surface area contributed by atoms with Crippen LogP contribution in [0.5, 0.6) is 0 Å². The number of carbonyl (C=O) groups is 1. The van der Waals surface area contributed by atoms with Crippen molar-refractivity contribution in [3.63, 3.8) is 0 Å². The summed E-state index contributed by atoms with van der Waals surface area (Å²) < 4.78 is 5.24. The number of nitrogens with one attached hydrogen (secondary N) is 2. The minimum absolute atomic E-state index is 0.0979. The number of ether oxygens (including phenoxy) is 1. The SMILES string of the molecule is O=C(Nc1cccc(Cl)c1)NC1(CO)CCOCC1.